The summed E-state index contributed by atoms with van der Waals surface area (Å²) < 4.78 is 0. The Kier molecular flexibility index (Phi) is 10.6. The monoisotopic (exact) mass is 256 g/mol. The minimum atomic E-state index is 0.488. The first kappa shape index (κ1) is 17.4. The number of hydrogen-bond acceptors (Lipinski definition) is 0. The molecule has 0 aliphatic rings. The molecule has 0 aliphatic carbocycles. The van der Waals surface area contributed by atoms with Crippen LogP contribution in [0.2, 0.25) is 0 Å². The third-order valence-electron chi connectivity index (χ3n) is 2.77. The Labute approximate surface area is 119 Å². The van der Waals surface area contributed by atoms with Gasteiger partial charge in [-0.25, -0.2) is 0 Å². The smallest absolute Gasteiger partial charge is 0.00834 e. The van der Waals surface area contributed by atoms with Crippen LogP contribution in [0.15, 0.2) is 66.8 Å². The Hall–Kier alpha value is -1.56. The van der Waals surface area contributed by atoms with E-state index in [-0.39, 0.29) is 0 Å². The van der Waals surface area contributed by atoms with Crippen LogP contribution in [0, 0.1) is 0 Å². The van der Waals surface area contributed by atoms with E-state index >= 15 is 0 Å². The molecule has 0 nitrogen and oxygen atoms in total. The Morgan fingerprint density at radius 1 is 1.16 bits per heavy atom. The van der Waals surface area contributed by atoms with Gasteiger partial charge >= 0.3 is 0 Å². The third-order valence-corrected chi connectivity index (χ3v) is 2.77. The zero-order chi connectivity index (χ0) is 14.5. The molecule has 104 valence electrons. The van der Waals surface area contributed by atoms with Crippen LogP contribution in [0.3, 0.4) is 0 Å². The van der Waals surface area contributed by atoms with Gasteiger partial charge in [0.25, 0.3) is 0 Å². The summed E-state index contributed by atoms with van der Waals surface area (Å²) >= 11 is 0. The molecule has 0 amide bonds. The van der Waals surface area contributed by atoms with Gasteiger partial charge in [-0.3, -0.25) is 0 Å². The van der Waals surface area contributed by atoms with Crippen LogP contribution < -0.4 is 0 Å². The Morgan fingerprint density at radius 3 is 2.16 bits per heavy atom. The summed E-state index contributed by atoms with van der Waals surface area (Å²) in [6.07, 6.45) is 10.5. The van der Waals surface area contributed by atoms with Gasteiger partial charge in [0.2, 0.25) is 0 Å². The average Bonchev–Trinajstić information content (AvgIpc) is 2.45. The first-order valence-corrected chi connectivity index (χ1v) is 7.25. The summed E-state index contributed by atoms with van der Waals surface area (Å²) in [5, 5.41) is 0. The fraction of sp³-hybridized carbons (Fsp3) is 0.368. The van der Waals surface area contributed by atoms with E-state index in [9.17, 15) is 0 Å². The van der Waals surface area contributed by atoms with E-state index in [1.54, 1.807) is 0 Å². The predicted molar refractivity (Wildman–Crippen MR) is 88.5 cm³/mol. The molecule has 1 rings (SSSR count). The van der Waals surface area contributed by atoms with Gasteiger partial charge in [0.15, 0.2) is 0 Å². The van der Waals surface area contributed by atoms with E-state index in [1.807, 2.05) is 12.2 Å². The van der Waals surface area contributed by atoms with Crippen LogP contribution in [0.4, 0.5) is 0 Å². The van der Waals surface area contributed by atoms with Crippen molar-refractivity contribution in [2.75, 3.05) is 0 Å². The molecule has 0 saturated carbocycles. The second-order valence-corrected chi connectivity index (χ2v) is 4.46. The highest BCUT2D eigenvalue weighted by Gasteiger charge is 2.11. The van der Waals surface area contributed by atoms with Crippen LogP contribution in [0.5, 0.6) is 0 Å². The average molecular weight is 256 g/mol. The molecule has 0 heteroatoms. The predicted octanol–water partition coefficient (Wildman–Crippen LogP) is 6.29. The molecule has 1 unspecified atom stereocenters. The standard InChI is InChI=1S/C16H20.C3H8/c1-4-7-11-14(5-2)16(6-3)15-12-9-8-10-13-15;1-3-2/h4-5,7-13,16H,1,6H2,2-3H3;3H2,1-2H3/b11-7-,14-5+;. The largest absolute Gasteiger partial charge is 0.0991 e. The summed E-state index contributed by atoms with van der Waals surface area (Å²) in [6.45, 7) is 12.3. The highest BCUT2D eigenvalue weighted by Crippen LogP contribution is 2.28. The molecule has 0 N–H and O–H groups in total. The van der Waals surface area contributed by atoms with E-state index in [0.29, 0.717) is 5.92 Å². The molecule has 0 aromatic heterocycles. The molecule has 0 heterocycles. The molecule has 0 fully saturated rings. The maximum atomic E-state index is 3.71. The van der Waals surface area contributed by atoms with E-state index in [2.05, 4.69) is 76.8 Å². The normalized spacial score (nSPS) is 12.7. The minimum absolute atomic E-state index is 0.488. The zero-order valence-corrected chi connectivity index (χ0v) is 12.9. The SMILES string of the molecule is C=C/C=C\C(=C/C)C(CC)c1ccccc1.CCC. The molecule has 1 aromatic rings. The van der Waals surface area contributed by atoms with Crippen molar-refractivity contribution < 1.29 is 0 Å². The molecule has 0 spiro atoms. The van der Waals surface area contributed by atoms with E-state index < -0.39 is 0 Å². The molecule has 0 saturated heterocycles. The Balaban J connectivity index is 0.000000982. The molecular weight excluding hydrogens is 228 g/mol. The summed E-state index contributed by atoms with van der Waals surface area (Å²) in [7, 11) is 0. The highest BCUT2D eigenvalue weighted by atomic mass is 14.1. The lowest BCUT2D eigenvalue weighted by atomic mass is 9.88. The number of benzene rings is 1. The lowest BCUT2D eigenvalue weighted by Crippen LogP contribution is -1.99. The Morgan fingerprint density at radius 2 is 1.74 bits per heavy atom. The summed E-state index contributed by atoms with van der Waals surface area (Å²) in [6, 6.07) is 10.6. The molecule has 1 aromatic carbocycles. The van der Waals surface area contributed by atoms with Gasteiger partial charge in [-0.2, -0.15) is 0 Å². The van der Waals surface area contributed by atoms with Gasteiger partial charge in [0.1, 0.15) is 0 Å². The maximum absolute atomic E-state index is 3.71. The van der Waals surface area contributed by atoms with Gasteiger partial charge < -0.3 is 0 Å². The number of allylic oxidation sites excluding steroid dienone is 5. The maximum Gasteiger partial charge on any atom is 0.00834 e. The van der Waals surface area contributed by atoms with Crippen molar-refractivity contribution in [3.05, 3.63) is 72.4 Å². The van der Waals surface area contributed by atoms with Crippen molar-refractivity contribution in [2.24, 2.45) is 0 Å². The second kappa shape index (κ2) is 11.5. The minimum Gasteiger partial charge on any atom is -0.0991 e. The van der Waals surface area contributed by atoms with Crippen molar-refractivity contribution in [1.29, 1.82) is 0 Å². The van der Waals surface area contributed by atoms with E-state index in [0.717, 1.165) is 6.42 Å². The van der Waals surface area contributed by atoms with Crippen LogP contribution in [0.25, 0.3) is 0 Å². The quantitative estimate of drug-likeness (QED) is 0.543. The van der Waals surface area contributed by atoms with Gasteiger partial charge in [-0.05, 0) is 24.5 Å². The van der Waals surface area contributed by atoms with Crippen LogP contribution in [0.1, 0.15) is 52.0 Å². The number of rotatable bonds is 5. The van der Waals surface area contributed by atoms with Crippen LogP contribution in [-0.2, 0) is 0 Å². The molecular formula is C19H28. The topological polar surface area (TPSA) is 0 Å². The highest BCUT2D eigenvalue weighted by molar-refractivity contribution is 5.35. The van der Waals surface area contributed by atoms with E-state index in [1.165, 1.54) is 17.6 Å². The van der Waals surface area contributed by atoms with Gasteiger partial charge in [-0.15, -0.1) is 0 Å². The lowest BCUT2D eigenvalue weighted by Gasteiger charge is -2.16. The van der Waals surface area contributed by atoms with E-state index in [4.69, 9.17) is 0 Å². The van der Waals surface area contributed by atoms with Crippen molar-refractivity contribution in [1.82, 2.24) is 0 Å². The fourth-order valence-corrected chi connectivity index (χ4v) is 1.94. The van der Waals surface area contributed by atoms with Crippen molar-refractivity contribution in [2.45, 2.75) is 46.5 Å². The third kappa shape index (κ3) is 6.81. The second-order valence-electron chi connectivity index (χ2n) is 4.46. The van der Waals surface area contributed by atoms with Crippen LogP contribution >= 0.6 is 0 Å². The first-order chi connectivity index (χ1) is 9.24. The van der Waals surface area contributed by atoms with Crippen LogP contribution in [-0.4, -0.2) is 0 Å². The summed E-state index contributed by atoms with van der Waals surface area (Å²) in [5.74, 6) is 0.488. The summed E-state index contributed by atoms with van der Waals surface area (Å²) in [5.41, 5.74) is 2.74. The summed E-state index contributed by atoms with van der Waals surface area (Å²) in [4.78, 5) is 0. The lowest BCUT2D eigenvalue weighted by molar-refractivity contribution is 0.775. The van der Waals surface area contributed by atoms with Gasteiger partial charge in [-0.1, -0.05) is 88.4 Å². The molecule has 0 bridgehead atoms. The first-order valence-electron chi connectivity index (χ1n) is 7.25. The number of hydrogen-bond donors (Lipinski definition) is 0. The van der Waals surface area contributed by atoms with Crippen molar-refractivity contribution >= 4 is 0 Å². The molecule has 0 radical (unpaired) electrons. The fourth-order valence-electron chi connectivity index (χ4n) is 1.94. The Bertz CT molecular complexity index is 382. The molecule has 19 heavy (non-hydrogen) atoms. The van der Waals surface area contributed by atoms with Gasteiger partial charge in [0.05, 0.1) is 0 Å². The van der Waals surface area contributed by atoms with Crippen molar-refractivity contribution in [3.8, 4) is 0 Å². The zero-order valence-electron chi connectivity index (χ0n) is 12.9. The molecule has 0 aliphatic heterocycles. The van der Waals surface area contributed by atoms with Gasteiger partial charge in [0, 0.05) is 5.92 Å². The molecule has 1 atom stereocenters. The van der Waals surface area contributed by atoms with Crippen molar-refractivity contribution in [3.63, 3.8) is 0 Å².